The Hall–Kier alpha value is -1.36. The molecule has 0 spiro atoms. The Labute approximate surface area is 108 Å². The summed E-state index contributed by atoms with van der Waals surface area (Å²) in [7, 11) is 0. The smallest absolute Gasteiger partial charge is 0.237 e. The lowest BCUT2D eigenvalue weighted by Gasteiger charge is -2.19. The van der Waals surface area contributed by atoms with Crippen LogP contribution in [0.1, 0.15) is 56.2 Å². The minimum atomic E-state index is -0.440. The molecule has 0 aliphatic rings. The molecular formula is C13H23N3O2. The summed E-state index contributed by atoms with van der Waals surface area (Å²) in [6, 6.07) is -0.517. The minimum Gasteiger partial charge on any atom is -0.361 e. The van der Waals surface area contributed by atoms with Crippen molar-refractivity contribution in [2.75, 3.05) is 0 Å². The van der Waals surface area contributed by atoms with Gasteiger partial charge in [-0.2, -0.15) is 0 Å². The molecule has 5 nitrogen and oxygen atoms in total. The van der Waals surface area contributed by atoms with Crippen molar-refractivity contribution in [2.24, 2.45) is 5.73 Å². The molecule has 0 saturated carbocycles. The van der Waals surface area contributed by atoms with Crippen LogP contribution in [0.5, 0.6) is 0 Å². The Morgan fingerprint density at radius 3 is 2.56 bits per heavy atom. The highest BCUT2D eigenvalue weighted by Gasteiger charge is 2.22. The van der Waals surface area contributed by atoms with Crippen molar-refractivity contribution >= 4 is 5.91 Å². The molecule has 1 aromatic heterocycles. The lowest BCUT2D eigenvalue weighted by Crippen LogP contribution is -2.42. The van der Waals surface area contributed by atoms with Gasteiger partial charge >= 0.3 is 0 Å². The molecule has 0 aliphatic heterocycles. The Balaban J connectivity index is 2.77. The summed E-state index contributed by atoms with van der Waals surface area (Å²) in [4.78, 5) is 11.9. The highest BCUT2D eigenvalue weighted by molar-refractivity contribution is 5.81. The van der Waals surface area contributed by atoms with Gasteiger partial charge in [-0.1, -0.05) is 25.4 Å². The van der Waals surface area contributed by atoms with Crippen molar-refractivity contribution in [3.8, 4) is 0 Å². The van der Waals surface area contributed by atoms with Gasteiger partial charge in [0.1, 0.15) is 5.76 Å². The molecule has 1 rings (SSSR count). The Morgan fingerprint density at radius 2 is 2.11 bits per heavy atom. The quantitative estimate of drug-likeness (QED) is 0.812. The largest absolute Gasteiger partial charge is 0.361 e. The van der Waals surface area contributed by atoms with Gasteiger partial charge in [-0.05, 0) is 26.7 Å². The topological polar surface area (TPSA) is 81.2 Å². The first-order valence-corrected chi connectivity index (χ1v) is 6.49. The van der Waals surface area contributed by atoms with Gasteiger partial charge in [-0.25, -0.2) is 0 Å². The molecule has 1 aromatic rings. The molecule has 0 fully saturated rings. The van der Waals surface area contributed by atoms with Crippen LogP contribution in [0.4, 0.5) is 0 Å². The van der Waals surface area contributed by atoms with Gasteiger partial charge in [0.05, 0.1) is 17.8 Å². The van der Waals surface area contributed by atoms with E-state index in [0.717, 1.165) is 29.9 Å². The van der Waals surface area contributed by atoms with Gasteiger partial charge in [0.2, 0.25) is 5.91 Å². The molecule has 0 aromatic carbocycles. The highest BCUT2D eigenvalue weighted by atomic mass is 16.5. The van der Waals surface area contributed by atoms with Gasteiger partial charge in [-0.3, -0.25) is 4.79 Å². The second-order valence-electron chi connectivity index (χ2n) is 4.60. The van der Waals surface area contributed by atoms with E-state index in [-0.39, 0.29) is 11.9 Å². The number of aryl methyl sites for hydroxylation is 2. The summed E-state index contributed by atoms with van der Waals surface area (Å²) in [6.07, 6.45) is 2.38. The SMILES string of the molecule is CCCC(N)C(=O)NC(CC)c1c(C)noc1C. The van der Waals surface area contributed by atoms with Crippen LogP contribution in [0.2, 0.25) is 0 Å². The third kappa shape index (κ3) is 3.32. The molecule has 0 bridgehead atoms. The third-order valence-corrected chi connectivity index (χ3v) is 3.10. The number of nitrogens with one attached hydrogen (secondary N) is 1. The molecular weight excluding hydrogens is 230 g/mol. The zero-order chi connectivity index (χ0) is 13.7. The number of carbonyl (C=O) groups excluding carboxylic acids is 1. The number of hydrogen-bond acceptors (Lipinski definition) is 4. The third-order valence-electron chi connectivity index (χ3n) is 3.10. The van der Waals surface area contributed by atoms with Crippen LogP contribution in [-0.4, -0.2) is 17.1 Å². The van der Waals surface area contributed by atoms with Crippen LogP contribution in [0.25, 0.3) is 0 Å². The summed E-state index contributed by atoms with van der Waals surface area (Å²) in [5.74, 6) is 0.646. The average molecular weight is 253 g/mol. The summed E-state index contributed by atoms with van der Waals surface area (Å²) in [5, 5.41) is 6.89. The van der Waals surface area contributed by atoms with Crippen LogP contribution in [-0.2, 0) is 4.79 Å². The first-order valence-electron chi connectivity index (χ1n) is 6.49. The number of hydrogen-bond donors (Lipinski definition) is 2. The highest BCUT2D eigenvalue weighted by Crippen LogP contribution is 2.23. The van der Waals surface area contributed by atoms with E-state index < -0.39 is 6.04 Å². The van der Waals surface area contributed by atoms with Gasteiger partial charge in [-0.15, -0.1) is 0 Å². The molecule has 3 N–H and O–H groups in total. The lowest BCUT2D eigenvalue weighted by atomic mass is 10.0. The van der Waals surface area contributed by atoms with Crippen LogP contribution >= 0.6 is 0 Å². The molecule has 0 aliphatic carbocycles. The molecule has 102 valence electrons. The molecule has 1 heterocycles. The van der Waals surface area contributed by atoms with Crippen molar-refractivity contribution < 1.29 is 9.32 Å². The number of rotatable bonds is 6. The van der Waals surface area contributed by atoms with Crippen LogP contribution in [0.15, 0.2) is 4.52 Å². The van der Waals surface area contributed by atoms with E-state index in [1.165, 1.54) is 0 Å². The summed E-state index contributed by atoms with van der Waals surface area (Å²) in [5.41, 5.74) is 7.60. The first-order chi connectivity index (χ1) is 8.51. The molecule has 2 atom stereocenters. The molecule has 1 amide bonds. The van der Waals surface area contributed by atoms with Crippen molar-refractivity contribution in [2.45, 2.75) is 59.0 Å². The minimum absolute atomic E-state index is 0.0772. The second-order valence-corrected chi connectivity index (χ2v) is 4.60. The van der Waals surface area contributed by atoms with Crippen molar-refractivity contribution in [3.63, 3.8) is 0 Å². The van der Waals surface area contributed by atoms with E-state index in [0.29, 0.717) is 6.42 Å². The van der Waals surface area contributed by atoms with E-state index >= 15 is 0 Å². The van der Waals surface area contributed by atoms with E-state index in [1.807, 2.05) is 27.7 Å². The number of nitrogens with two attached hydrogens (primary N) is 1. The molecule has 0 radical (unpaired) electrons. The van der Waals surface area contributed by atoms with E-state index in [2.05, 4.69) is 10.5 Å². The maximum Gasteiger partial charge on any atom is 0.237 e. The molecule has 2 unspecified atom stereocenters. The molecule has 18 heavy (non-hydrogen) atoms. The van der Waals surface area contributed by atoms with Crippen LogP contribution in [0.3, 0.4) is 0 Å². The van der Waals surface area contributed by atoms with Gasteiger partial charge < -0.3 is 15.6 Å². The van der Waals surface area contributed by atoms with Crippen LogP contribution in [0, 0.1) is 13.8 Å². The zero-order valence-electron chi connectivity index (χ0n) is 11.6. The lowest BCUT2D eigenvalue weighted by molar-refractivity contribution is -0.123. The first kappa shape index (κ1) is 14.7. The van der Waals surface area contributed by atoms with Crippen LogP contribution < -0.4 is 11.1 Å². The zero-order valence-corrected chi connectivity index (χ0v) is 11.6. The standard InChI is InChI=1S/C13H23N3O2/c1-5-7-10(14)13(17)15-11(6-2)12-8(3)16-18-9(12)4/h10-11H,5-7,14H2,1-4H3,(H,15,17). The predicted octanol–water partition coefficient (Wildman–Crippen LogP) is 1.99. The number of nitrogens with zero attached hydrogens (tertiary/aromatic N) is 1. The maximum absolute atomic E-state index is 11.9. The second kappa shape index (κ2) is 6.54. The predicted molar refractivity (Wildman–Crippen MR) is 70.0 cm³/mol. The van der Waals surface area contributed by atoms with Crippen molar-refractivity contribution in [3.05, 3.63) is 17.0 Å². The Kier molecular flexibility index (Phi) is 5.34. The Morgan fingerprint density at radius 1 is 1.44 bits per heavy atom. The fraction of sp³-hybridized carbons (Fsp3) is 0.692. The Bertz CT molecular complexity index is 381. The van der Waals surface area contributed by atoms with E-state index in [1.54, 1.807) is 0 Å². The number of amides is 1. The summed E-state index contributed by atoms with van der Waals surface area (Å²) >= 11 is 0. The summed E-state index contributed by atoms with van der Waals surface area (Å²) in [6.45, 7) is 7.77. The van der Waals surface area contributed by atoms with Crippen molar-refractivity contribution in [1.82, 2.24) is 10.5 Å². The van der Waals surface area contributed by atoms with E-state index in [4.69, 9.17) is 10.3 Å². The van der Waals surface area contributed by atoms with E-state index in [9.17, 15) is 4.79 Å². The average Bonchev–Trinajstić information content (AvgIpc) is 2.66. The number of carbonyl (C=O) groups is 1. The normalized spacial score (nSPS) is 14.3. The molecule has 5 heteroatoms. The van der Waals surface area contributed by atoms with Gasteiger partial charge in [0.15, 0.2) is 0 Å². The van der Waals surface area contributed by atoms with Gasteiger partial charge in [0.25, 0.3) is 0 Å². The fourth-order valence-electron chi connectivity index (χ4n) is 2.09. The molecule has 0 saturated heterocycles. The van der Waals surface area contributed by atoms with Crippen molar-refractivity contribution in [1.29, 1.82) is 0 Å². The van der Waals surface area contributed by atoms with Gasteiger partial charge in [0, 0.05) is 5.56 Å². The number of aromatic nitrogens is 1. The maximum atomic E-state index is 11.9. The monoisotopic (exact) mass is 253 g/mol. The fourth-order valence-corrected chi connectivity index (χ4v) is 2.09. The summed E-state index contributed by atoms with van der Waals surface area (Å²) < 4.78 is 5.14.